The van der Waals surface area contributed by atoms with Gasteiger partial charge in [-0.05, 0) is 24.1 Å². The molecule has 3 nitrogen and oxygen atoms in total. The van der Waals surface area contributed by atoms with E-state index in [1.54, 1.807) is 7.11 Å². The third-order valence-corrected chi connectivity index (χ3v) is 2.33. The smallest absolute Gasteiger partial charge is 0.118 e. The Labute approximate surface area is 84.5 Å². The highest BCUT2D eigenvalue weighted by Gasteiger charge is 2.14. The molecule has 3 N–H and O–H groups in total. The molecule has 0 amide bonds. The molecule has 1 aromatic carbocycles. The van der Waals surface area contributed by atoms with E-state index in [2.05, 4.69) is 0 Å². The van der Waals surface area contributed by atoms with Crippen LogP contribution in [0.3, 0.4) is 0 Å². The Morgan fingerprint density at radius 1 is 1.36 bits per heavy atom. The van der Waals surface area contributed by atoms with Gasteiger partial charge < -0.3 is 15.6 Å². The lowest BCUT2D eigenvalue weighted by molar-refractivity contribution is 0.144. The molecule has 0 radical (unpaired) electrons. The lowest BCUT2D eigenvalue weighted by atomic mass is 10.0. The zero-order chi connectivity index (χ0) is 10.6. The summed E-state index contributed by atoms with van der Waals surface area (Å²) in [7, 11) is 1.61. The number of nitrogens with two attached hydrogens (primary N) is 1. The molecular formula is C11H17NO2. The molecular weight excluding hydrogens is 178 g/mol. The SMILES string of the molecule is CC[C@H](N)[C@H](O)c1ccc(OC)cc1. The van der Waals surface area contributed by atoms with E-state index >= 15 is 0 Å². The van der Waals surface area contributed by atoms with E-state index < -0.39 is 6.10 Å². The highest BCUT2D eigenvalue weighted by atomic mass is 16.5. The van der Waals surface area contributed by atoms with Gasteiger partial charge in [-0.2, -0.15) is 0 Å². The van der Waals surface area contributed by atoms with Gasteiger partial charge in [0.15, 0.2) is 0 Å². The van der Waals surface area contributed by atoms with Gasteiger partial charge in [0.2, 0.25) is 0 Å². The molecule has 3 heteroatoms. The van der Waals surface area contributed by atoms with Crippen molar-refractivity contribution in [3.8, 4) is 5.75 Å². The maximum Gasteiger partial charge on any atom is 0.118 e. The van der Waals surface area contributed by atoms with Gasteiger partial charge in [-0.3, -0.25) is 0 Å². The first-order chi connectivity index (χ1) is 6.69. The number of hydrogen-bond donors (Lipinski definition) is 2. The van der Waals surface area contributed by atoms with E-state index in [1.807, 2.05) is 31.2 Å². The van der Waals surface area contributed by atoms with Gasteiger partial charge in [0, 0.05) is 6.04 Å². The molecule has 0 fully saturated rings. The summed E-state index contributed by atoms with van der Waals surface area (Å²) in [6.45, 7) is 1.96. The highest BCUT2D eigenvalue weighted by molar-refractivity contribution is 5.28. The number of rotatable bonds is 4. The number of aliphatic hydroxyl groups excluding tert-OH is 1. The minimum Gasteiger partial charge on any atom is -0.497 e. The predicted octanol–water partition coefficient (Wildman–Crippen LogP) is 1.47. The van der Waals surface area contributed by atoms with Gasteiger partial charge in [0.05, 0.1) is 13.2 Å². The summed E-state index contributed by atoms with van der Waals surface area (Å²) in [4.78, 5) is 0. The summed E-state index contributed by atoms with van der Waals surface area (Å²) in [6, 6.07) is 7.10. The first kappa shape index (κ1) is 11.0. The first-order valence-electron chi connectivity index (χ1n) is 4.76. The van der Waals surface area contributed by atoms with E-state index in [1.165, 1.54) is 0 Å². The summed E-state index contributed by atoms with van der Waals surface area (Å²) in [5.74, 6) is 0.783. The van der Waals surface area contributed by atoms with Crippen LogP contribution in [0.25, 0.3) is 0 Å². The Kier molecular flexibility index (Phi) is 3.92. The van der Waals surface area contributed by atoms with Crippen molar-refractivity contribution in [2.45, 2.75) is 25.5 Å². The topological polar surface area (TPSA) is 55.5 Å². The maximum absolute atomic E-state index is 9.79. The fraction of sp³-hybridized carbons (Fsp3) is 0.455. The van der Waals surface area contributed by atoms with E-state index in [0.717, 1.165) is 17.7 Å². The van der Waals surface area contributed by atoms with Crippen molar-refractivity contribution in [2.24, 2.45) is 5.73 Å². The monoisotopic (exact) mass is 195 g/mol. The van der Waals surface area contributed by atoms with Crippen LogP contribution < -0.4 is 10.5 Å². The van der Waals surface area contributed by atoms with Crippen LogP contribution >= 0.6 is 0 Å². The van der Waals surface area contributed by atoms with E-state index in [9.17, 15) is 5.11 Å². The highest BCUT2D eigenvalue weighted by Crippen LogP contribution is 2.20. The Morgan fingerprint density at radius 3 is 2.36 bits per heavy atom. The molecule has 0 aliphatic carbocycles. The first-order valence-corrected chi connectivity index (χ1v) is 4.76. The molecule has 0 saturated heterocycles. The van der Waals surface area contributed by atoms with Crippen LogP contribution in [0.15, 0.2) is 24.3 Å². The standard InChI is InChI=1S/C11H17NO2/c1-3-10(12)11(13)8-4-6-9(14-2)7-5-8/h4-7,10-11,13H,3,12H2,1-2H3/t10-,11+/m0/s1. The normalized spacial score (nSPS) is 14.9. The van der Waals surface area contributed by atoms with Crippen molar-refractivity contribution in [1.82, 2.24) is 0 Å². The second kappa shape index (κ2) is 4.98. The third-order valence-electron chi connectivity index (χ3n) is 2.33. The molecule has 0 saturated carbocycles. The molecule has 0 aliphatic rings. The number of hydrogen-bond acceptors (Lipinski definition) is 3. The molecule has 14 heavy (non-hydrogen) atoms. The summed E-state index contributed by atoms with van der Waals surface area (Å²) < 4.78 is 5.02. The van der Waals surface area contributed by atoms with Crippen molar-refractivity contribution >= 4 is 0 Å². The Balaban J connectivity index is 2.75. The average Bonchev–Trinajstić information content (AvgIpc) is 2.27. The lowest BCUT2D eigenvalue weighted by Gasteiger charge is -2.17. The Hall–Kier alpha value is -1.06. The lowest BCUT2D eigenvalue weighted by Crippen LogP contribution is -2.27. The molecule has 1 rings (SSSR count). The molecule has 1 aromatic rings. The molecule has 78 valence electrons. The summed E-state index contributed by atoms with van der Waals surface area (Å²) >= 11 is 0. The van der Waals surface area contributed by atoms with E-state index in [-0.39, 0.29) is 6.04 Å². The maximum atomic E-state index is 9.79. The summed E-state index contributed by atoms with van der Waals surface area (Å²) in [5, 5.41) is 9.79. The van der Waals surface area contributed by atoms with Gasteiger partial charge in [0.1, 0.15) is 5.75 Å². The van der Waals surface area contributed by atoms with Gasteiger partial charge in [0.25, 0.3) is 0 Å². The molecule has 0 bridgehead atoms. The second-order valence-electron chi connectivity index (χ2n) is 3.29. The van der Waals surface area contributed by atoms with Crippen molar-refractivity contribution in [1.29, 1.82) is 0 Å². The van der Waals surface area contributed by atoms with Crippen molar-refractivity contribution in [3.05, 3.63) is 29.8 Å². The molecule has 0 unspecified atom stereocenters. The minimum atomic E-state index is -0.592. The quantitative estimate of drug-likeness (QED) is 0.764. The van der Waals surface area contributed by atoms with Crippen molar-refractivity contribution < 1.29 is 9.84 Å². The fourth-order valence-corrected chi connectivity index (χ4v) is 1.27. The van der Waals surface area contributed by atoms with Crippen LogP contribution in [0.5, 0.6) is 5.75 Å². The van der Waals surface area contributed by atoms with Crippen molar-refractivity contribution in [3.63, 3.8) is 0 Å². The van der Waals surface area contributed by atoms with E-state index in [0.29, 0.717) is 0 Å². The van der Waals surface area contributed by atoms with Crippen LogP contribution in [-0.2, 0) is 0 Å². The summed E-state index contributed by atoms with van der Waals surface area (Å²) in [6.07, 6.45) is 0.165. The zero-order valence-corrected chi connectivity index (χ0v) is 8.60. The zero-order valence-electron chi connectivity index (χ0n) is 8.60. The minimum absolute atomic E-state index is 0.205. The molecule has 0 heterocycles. The molecule has 0 aliphatic heterocycles. The molecule has 0 aromatic heterocycles. The number of methoxy groups -OCH3 is 1. The van der Waals surface area contributed by atoms with E-state index in [4.69, 9.17) is 10.5 Å². The number of aliphatic hydroxyl groups is 1. The van der Waals surface area contributed by atoms with Crippen molar-refractivity contribution in [2.75, 3.05) is 7.11 Å². The predicted molar refractivity (Wildman–Crippen MR) is 56.2 cm³/mol. The Morgan fingerprint density at radius 2 is 1.93 bits per heavy atom. The average molecular weight is 195 g/mol. The second-order valence-corrected chi connectivity index (χ2v) is 3.29. The summed E-state index contributed by atoms with van der Waals surface area (Å²) in [5.41, 5.74) is 6.57. The van der Waals surface area contributed by atoms with Crippen LogP contribution in [0, 0.1) is 0 Å². The van der Waals surface area contributed by atoms with Crippen LogP contribution in [-0.4, -0.2) is 18.3 Å². The largest absolute Gasteiger partial charge is 0.497 e. The number of benzene rings is 1. The van der Waals surface area contributed by atoms with Crippen LogP contribution in [0.2, 0.25) is 0 Å². The van der Waals surface area contributed by atoms with Crippen LogP contribution in [0.1, 0.15) is 25.0 Å². The third kappa shape index (κ3) is 2.47. The molecule has 2 atom stereocenters. The number of ether oxygens (including phenoxy) is 1. The van der Waals surface area contributed by atoms with Gasteiger partial charge >= 0.3 is 0 Å². The Bertz CT molecular complexity index is 271. The fourth-order valence-electron chi connectivity index (χ4n) is 1.27. The van der Waals surface area contributed by atoms with Gasteiger partial charge in [-0.15, -0.1) is 0 Å². The van der Waals surface area contributed by atoms with Gasteiger partial charge in [-0.25, -0.2) is 0 Å². The van der Waals surface area contributed by atoms with Crippen LogP contribution in [0.4, 0.5) is 0 Å². The van der Waals surface area contributed by atoms with Gasteiger partial charge in [-0.1, -0.05) is 19.1 Å². The molecule has 0 spiro atoms.